The number of aromatic nitrogens is 1. The Hall–Kier alpha value is -2.18. The van der Waals surface area contributed by atoms with E-state index in [-0.39, 0.29) is 18.2 Å². The highest BCUT2D eigenvalue weighted by Gasteiger charge is 2.07. The average molecular weight is 253 g/mol. The Balaban J connectivity index is 2.41. The van der Waals surface area contributed by atoms with Crippen LogP contribution in [0.3, 0.4) is 0 Å². The van der Waals surface area contributed by atoms with Gasteiger partial charge in [0.1, 0.15) is 12.0 Å². The molecule has 18 heavy (non-hydrogen) atoms. The number of hydrogen-bond acceptors (Lipinski definition) is 5. The van der Waals surface area contributed by atoms with E-state index in [2.05, 4.69) is 10.3 Å². The fourth-order valence-corrected chi connectivity index (χ4v) is 1.46. The SMILES string of the molecule is CC(CCCC(=O)O)Nc1ccc([N+](=O)[O-])cn1. The lowest BCUT2D eigenvalue weighted by atomic mass is 10.1. The van der Waals surface area contributed by atoms with Crippen LogP contribution in [-0.2, 0) is 4.79 Å². The van der Waals surface area contributed by atoms with Gasteiger partial charge in [0.15, 0.2) is 0 Å². The second-order valence-corrected chi connectivity index (χ2v) is 3.99. The Bertz CT molecular complexity index is 419. The topological polar surface area (TPSA) is 105 Å². The molecule has 1 heterocycles. The van der Waals surface area contributed by atoms with Crippen LogP contribution in [0.1, 0.15) is 26.2 Å². The highest BCUT2D eigenvalue weighted by Crippen LogP contribution is 2.13. The lowest BCUT2D eigenvalue weighted by Gasteiger charge is -2.13. The molecule has 0 saturated heterocycles. The highest BCUT2D eigenvalue weighted by molar-refractivity contribution is 5.66. The van der Waals surface area contributed by atoms with Gasteiger partial charge in [-0.2, -0.15) is 0 Å². The van der Waals surface area contributed by atoms with Crippen LogP contribution in [0.25, 0.3) is 0 Å². The van der Waals surface area contributed by atoms with E-state index in [1.165, 1.54) is 18.3 Å². The van der Waals surface area contributed by atoms with Gasteiger partial charge < -0.3 is 10.4 Å². The molecule has 0 aliphatic rings. The van der Waals surface area contributed by atoms with E-state index >= 15 is 0 Å². The van der Waals surface area contributed by atoms with Gasteiger partial charge in [0, 0.05) is 18.5 Å². The highest BCUT2D eigenvalue weighted by atomic mass is 16.6. The van der Waals surface area contributed by atoms with Crippen molar-refractivity contribution in [2.45, 2.75) is 32.2 Å². The number of carboxylic acids is 1. The van der Waals surface area contributed by atoms with E-state index in [1.54, 1.807) is 0 Å². The van der Waals surface area contributed by atoms with Gasteiger partial charge in [0.05, 0.1) is 4.92 Å². The standard InChI is InChI=1S/C11H15N3O4/c1-8(3-2-4-11(15)16)13-10-6-5-9(7-12-10)14(17)18/h5-8H,2-4H2,1H3,(H,12,13)(H,15,16). The Morgan fingerprint density at radius 2 is 2.33 bits per heavy atom. The number of nitrogens with one attached hydrogen (secondary N) is 1. The van der Waals surface area contributed by atoms with Crippen LogP contribution >= 0.6 is 0 Å². The minimum Gasteiger partial charge on any atom is -0.481 e. The minimum absolute atomic E-state index is 0.0564. The van der Waals surface area contributed by atoms with Crippen molar-refractivity contribution in [3.63, 3.8) is 0 Å². The largest absolute Gasteiger partial charge is 0.481 e. The first kappa shape index (κ1) is 13.9. The third-order valence-electron chi connectivity index (χ3n) is 2.38. The fraction of sp³-hybridized carbons (Fsp3) is 0.455. The van der Waals surface area contributed by atoms with Gasteiger partial charge in [-0.05, 0) is 25.8 Å². The van der Waals surface area contributed by atoms with Crippen LogP contribution in [-0.4, -0.2) is 27.0 Å². The summed E-state index contributed by atoms with van der Waals surface area (Å²) in [5, 5.41) is 22.0. The number of nitrogens with zero attached hydrogens (tertiary/aromatic N) is 2. The second-order valence-electron chi connectivity index (χ2n) is 3.99. The third kappa shape index (κ3) is 4.77. The maximum absolute atomic E-state index is 10.4. The fourth-order valence-electron chi connectivity index (χ4n) is 1.46. The lowest BCUT2D eigenvalue weighted by Crippen LogP contribution is -2.16. The van der Waals surface area contributed by atoms with E-state index < -0.39 is 10.9 Å². The summed E-state index contributed by atoms with van der Waals surface area (Å²) in [5.74, 6) is -0.265. The first-order valence-electron chi connectivity index (χ1n) is 5.58. The molecule has 0 aromatic carbocycles. The smallest absolute Gasteiger partial charge is 0.303 e. The molecule has 0 saturated carbocycles. The summed E-state index contributed by atoms with van der Waals surface area (Å²) in [6.07, 6.45) is 2.60. The maximum atomic E-state index is 10.4. The summed E-state index contributed by atoms with van der Waals surface area (Å²) >= 11 is 0. The predicted octanol–water partition coefficient (Wildman–Crippen LogP) is 2.05. The molecule has 0 amide bonds. The molecule has 0 aliphatic carbocycles. The summed E-state index contributed by atoms with van der Waals surface area (Å²) < 4.78 is 0. The quantitative estimate of drug-likeness (QED) is 0.569. The molecule has 1 aromatic heterocycles. The number of carboxylic acid groups (broad SMARTS) is 1. The molecule has 0 radical (unpaired) electrons. The molecule has 1 rings (SSSR count). The number of rotatable bonds is 7. The van der Waals surface area contributed by atoms with Gasteiger partial charge in [-0.1, -0.05) is 0 Å². The summed E-state index contributed by atoms with van der Waals surface area (Å²) in [6.45, 7) is 1.91. The van der Waals surface area contributed by atoms with Gasteiger partial charge in [0.2, 0.25) is 0 Å². The van der Waals surface area contributed by atoms with Crippen molar-refractivity contribution < 1.29 is 14.8 Å². The zero-order chi connectivity index (χ0) is 13.5. The first-order chi connectivity index (χ1) is 8.49. The van der Waals surface area contributed by atoms with Gasteiger partial charge >= 0.3 is 5.97 Å². The molecule has 0 bridgehead atoms. The van der Waals surface area contributed by atoms with Crippen molar-refractivity contribution >= 4 is 17.5 Å². The number of pyridine rings is 1. The van der Waals surface area contributed by atoms with Crippen LogP contribution in [0.2, 0.25) is 0 Å². The van der Waals surface area contributed by atoms with Crippen molar-refractivity contribution in [2.24, 2.45) is 0 Å². The van der Waals surface area contributed by atoms with Gasteiger partial charge in [-0.3, -0.25) is 14.9 Å². The zero-order valence-corrected chi connectivity index (χ0v) is 10.00. The first-order valence-corrected chi connectivity index (χ1v) is 5.58. The van der Waals surface area contributed by atoms with Crippen molar-refractivity contribution in [3.05, 3.63) is 28.4 Å². The van der Waals surface area contributed by atoms with E-state index in [9.17, 15) is 14.9 Å². The van der Waals surface area contributed by atoms with E-state index in [1.807, 2.05) is 6.92 Å². The maximum Gasteiger partial charge on any atom is 0.303 e. The van der Waals surface area contributed by atoms with E-state index in [0.29, 0.717) is 18.7 Å². The summed E-state index contributed by atoms with van der Waals surface area (Å²) in [6, 6.07) is 2.98. The van der Waals surface area contributed by atoms with Crippen molar-refractivity contribution in [3.8, 4) is 0 Å². The number of carbonyl (C=O) groups is 1. The van der Waals surface area contributed by atoms with E-state index in [4.69, 9.17) is 5.11 Å². The molecule has 0 fully saturated rings. The average Bonchev–Trinajstić information content (AvgIpc) is 2.29. The molecule has 2 N–H and O–H groups in total. The van der Waals surface area contributed by atoms with Crippen molar-refractivity contribution in [1.29, 1.82) is 0 Å². The molecule has 98 valence electrons. The predicted molar refractivity (Wildman–Crippen MR) is 65.5 cm³/mol. The molecule has 1 unspecified atom stereocenters. The summed E-state index contributed by atoms with van der Waals surface area (Å²) in [7, 11) is 0. The Labute approximate surface area is 104 Å². The van der Waals surface area contributed by atoms with Gasteiger partial charge in [0.25, 0.3) is 5.69 Å². The van der Waals surface area contributed by atoms with Crippen molar-refractivity contribution in [1.82, 2.24) is 4.98 Å². The molecule has 1 aromatic rings. The normalized spacial score (nSPS) is 11.8. The Morgan fingerprint density at radius 1 is 1.61 bits per heavy atom. The minimum atomic E-state index is -0.810. The molecular weight excluding hydrogens is 238 g/mol. The zero-order valence-electron chi connectivity index (χ0n) is 10.00. The van der Waals surface area contributed by atoms with E-state index in [0.717, 1.165) is 0 Å². The number of aliphatic carboxylic acids is 1. The van der Waals surface area contributed by atoms with Crippen LogP contribution in [0, 0.1) is 10.1 Å². The molecular formula is C11H15N3O4. The second kappa shape index (κ2) is 6.53. The van der Waals surface area contributed by atoms with Gasteiger partial charge in [-0.15, -0.1) is 0 Å². The van der Waals surface area contributed by atoms with Crippen LogP contribution in [0.5, 0.6) is 0 Å². The Morgan fingerprint density at radius 3 is 2.83 bits per heavy atom. The summed E-state index contributed by atoms with van der Waals surface area (Å²) in [4.78, 5) is 24.2. The monoisotopic (exact) mass is 253 g/mol. The summed E-state index contributed by atoms with van der Waals surface area (Å²) in [5.41, 5.74) is -0.0564. The molecule has 0 aliphatic heterocycles. The number of nitro groups is 1. The third-order valence-corrected chi connectivity index (χ3v) is 2.38. The van der Waals surface area contributed by atoms with Crippen LogP contribution in [0.4, 0.5) is 11.5 Å². The number of anilines is 1. The van der Waals surface area contributed by atoms with Crippen LogP contribution in [0.15, 0.2) is 18.3 Å². The lowest BCUT2D eigenvalue weighted by molar-refractivity contribution is -0.385. The van der Waals surface area contributed by atoms with Crippen molar-refractivity contribution in [2.75, 3.05) is 5.32 Å². The van der Waals surface area contributed by atoms with Gasteiger partial charge in [-0.25, -0.2) is 4.98 Å². The van der Waals surface area contributed by atoms with Crippen LogP contribution < -0.4 is 5.32 Å². The Kier molecular flexibility index (Phi) is 5.04. The number of hydrogen-bond donors (Lipinski definition) is 2. The molecule has 0 spiro atoms. The molecule has 7 heteroatoms. The molecule has 1 atom stereocenters. The molecule has 7 nitrogen and oxygen atoms in total.